The number of fused-ring (bicyclic) bond motifs is 8. The summed E-state index contributed by atoms with van der Waals surface area (Å²) in [6, 6.07) is 15.5. The number of ether oxygens (including phenoxy) is 1. The number of piperazine rings is 1. The molecular weight excluding hydrogens is 504 g/mol. The van der Waals surface area contributed by atoms with E-state index in [2.05, 4.69) is 53.9 Å². The molecule has 3 aliphatic rings. The summed E-state index contributed by atoms with van der Waals surface area (Å²) in [4.78, 5) is 26.0. The Kier molecular flexibility index (Phi) is 8.19. The van der Waals surface area contributed by atoms with Crippen LogP contribution in [0.2, 0.25) is 5.02 Å². The van der Waals surface area contributed by atoms with Crippen LogP contribution in [0.4, 0.5) is 23.1 Å². The van der Waals surface area contributed by atoms with E-state index in [9.17, 15) is 10.1 Å². The van der Waals surface area contributed by atoms with Crippen LogP contribution in [-0.4, -0.2) is 71.6 Å². The molecule has 3 aliphatic heterocycles. The van der Waals surface area contributed by atoms with Crippen molar-refractivity contribution in [3.63, 3.8) is 0 Å². The average molecular weight is 533 g/mol. The van der Waals surface area contributed by atoms with E-state index in [1.54, 1.807) is 18.2 Å². The monoisotopic (exact) mass is 532 g/mol. The van der Waals surface area contributed by atoms with Gasteiger partial charge < -0.3 is 25.6 Å². The van der Waals surface area contributed by atoms with Gasteiger partial charge in [0.15, 0.2) is 5.82 Å². The molecular formula is C27H29ClN8O2. The zero-order valence-corrected chi connectivity index (χ0v) is 21.7. The first kappa shape index (κ1) is 25.7. The zero-order valence-electron chi connectivity index (χ0n) is 20.9. The zero-order chi connectivity index (χ0) is 26.3. The van der Waals surface area contributed by atoms with E-state index in [-0.39, 0.29) is 18.5 Å². The minimum atomic E-state index is 0.00968. The summed E-state index contributed by atoms with van der Waals surface area (Å²) in [5.74, 6) is 1.22. The molecule has 0 atom stereocenters. The van der Waals surface area contributed by atoms with Gasteiger partial charge in [-0.3, -0.25) is 9.69 Å². The third kappa shape index (κ3) is 6.69. The summed E-state index contributed by atoms with van der Waals surface area (Å²) in [6.07, 6.45) is 1.93. The summed E-state index contributed by atoms with van der Waals surface area (Å²) in [5, 5.41) is 19.5. The molecule has 2 aromatic carbocycles. The van der Waals surface area contributed by atoms with Crippen molar-refractivity contribution in [1.29, 1.82) is 5.26 Å². The first-order valence-corrected chi connectivity index (χ1v) is 13.0. The van der Waals surface area contributed by atoms with Crippen molar-refractivity contribution in [3.8, 4) is 11.8 Å². The molecule has 10 nitrogen and oxygen atoms in total. The Balaban J connectivity index is 1.43. The van der Waals surface area contributed by atoms with E-state index in [1.165, 1.54) is 6.20 Å². The minimum Gasteiger partial charge on any atom is -0.490 e. The lowest BCUT2D eigenvalue weighted by Gasteiger charge is -2.34. The fraction of sp³-hybridized carbons (Fsp3) is 0.333. The molecule has 1 aromatic heterocycles. The molecule has 3 N–H and O–H groups in total. The molecule has 196 valence electrons. The summed E-state index contributed by atoms with van der Waals surface area (Å²) >= 11 is 6.24. The molecule has 4 heterocycles. The van der Waals surface area contributed by atoms with Crippen LogP contribution in [0.15, 0.2) is 48.7 Å². The number of nitrogens with one attached hydrogen (secondary N) is 3. The van der Waals surface area contributed by atoms with Crippen molar-refractivity contribution in [1.82, 2.24) is 25.1 Å². The van der Waals surface area contributed by atoms with Gasteiger partial charge in [0.05, 0.1) is 18.4 Å². The lowest BCUT2D eigenvalue weighted by molar-refractivity contribution is -0.121. The van der Waals surface area contributed by atoms with Gasteiger partial charge in [-0.25, -0.2) is 4.98 Å². The Hall–Kier alpha value is -3.91. The molecule has 0 unspecified atom stereocenters. The number of hydrogen-bond acceptors (Lipinski definition) is 9. The molecule has 1 fully saturated rings. The van der Waals surface area contributed by atoms with Crippen molar-refractivity contribution in [2.24, 2.45) is 0 Å². The fourth-order valence-electron chi connectivity index (χ4n) is 4.48. The summed E-state index contributed by atoms with van der Waals surface area (Å²) in [5.41, 5.74) is 2.89. The lowest BCUT2D eigenvalue weighted by Crippen LogP contribution is -2.46. The number of benzene rings is 2. The van der Waals surface area contributed by atoms with Crippen LogP contribution in [0.5, 0.6) is 5.75 Å². The first-order chi connectivity index (χ1) is 18.6. The molecule has 6 bridgehead atoms. The Morgan fingerprint density at radius 3 is 2.71 bits per heavy atom. The maximum atomic E-state index is 12.4. The van der Waals surface area contributed by atoms with Crippen molar-refractivity contribution in [2.45, 2.75) is 13.0 Å². The van der Waals surface area contributed by atoms with Crippen molar-refractivity contribution >= 4 is 40.6 Å². The number of rotatable bonds is 0. The number of hydrogen-bond donors (Lipinski definition) is 3. The van der Waals surface area contributed by atoms with E-state index in [0.29, 0.717) is 40.8 Å². The molecule has 1 amide bonds. The van der Waals surface area contributed by atoms with Crippen molar-refractivity contribution in [3.05, 3.63) is 64.8 Å². The van der Waals surface area contributed by atoms with Crippen LogP contribution < -0.4 is 20.7 Å². The molecule has 0 spiro atoms. The Morgan fingerprint density at radius 2 is 1.87 bits per heavy atom. The van der Waals surface area contributed by atoms with Gasteiger partial charge >= 0.3 is 0 Å². The average Bonchev–Trinajstić information content (AvgIpc) is 2.92. The minimum absolute atomic E-state index is 0.00968. The summed E-state index contributed by atoms with van der Waals surface area (Å²) in [7, 11) is 0. The van der Waals surface area contributed by atoms with Gasteiger partial charge in [0, 0.05) is 56.4 Å². The van der Waals surface area contributed by atoms with Gasteiger partial charge in [0.25, 0.3) is 0 Å². The van der Waals surface area contributed by atoms with E-state index >= 15 is 0 Å². The number of halogens is 1. The van der Waals surface area contributed by atoms with Crippen molar-refractivity contribution in [2.75, 3.05) is 56.5 Å². The number of amides is 1. The standard InChI is InChI=1S/C27H29ClN8O2/c28-21-4-5-24-23(15-21)33-27-31-17-20(16-29)26(34-27)32-22-3-1-2-19(14-22)18-36-11-9-35(10-12-36)8-6-25(37)30-7-13-38-24/h1-5,14-15,17H,6-13,18H2,(H,30,37)(H2,31,32,33,34). The molecule has 1 saturated heterocycles. The van der Waals surface area contributed by atoms with Crippen LogP contribution in [0, 0.1) is 11.3 Å². The van der Waals surface area contributed by atoms with Gasteiger partial charge in [0.1, 0.15) is 24.0 Å². The van der Waals surface area contributed by atoms with Crippen LogP contribution in [-0.2, 0) is 11.3 Å². The number of carbonyl (C=O) groups excluding carboxylic acids is 1. The summed E-state index contributed by atoms with van der Waals surface area (Å²) < 4.78 is 5.92. The second kappa shape index (κ2) is 12.1. The van der Waals surface area contributed by atoms with E-state index in [0.717, 1.165) is 50.5 Å². The maximum absolute atomic E-state index is 12.4. The number of carbonyl (C=O) groups is 1. The molecule has 3 aromatic rings. The van der Waals surface area contributed by atoms with Crippen molar-refractivity contribution < 1.29 is 9.53 Å². The molecule has 0 radical (unpaired) electrons. The Labute approximate surface area is 226 Å². The summed E-state index contributed by atoms with van der Waals surface area (Å²) in [6.45, 7) is 5.97. The van der Waals surface area contributed by atoms with E-state index in [1.807, 2.05) is 12.1 Å². The first-order valence-electron chi connectivity index (χ1n) is 12.6. The second-order valence-corrected chi connectivity index (χ2v) is 9.66. The normalized spacial score (nSPS) is 20.2. The van der Waals surface area contributed by atoms with Gasteiger partial charge in [-0.05, 0) is 35.9 Å². The van der Waals surface area contributed by atoms with E-state index < -0.39 is 0 Å². The lowest BCUT2D eigenvalue weighted by atomic mass is 10.1. The molecule has 38 heavy (non-hydrogen) atoms. The highest BCUT2D eigenvalue weighted by Crippen LogP contribution is 2.31. The van der Waals surface area contributed by atoms with Crippen LogP contribution in [0.1, 0.15) is 17.5 Å². The van der Waals surface area contributed by atoms with Gasteiger partial charge in [-0.2, -0.15) is 10.2 Å². The number of aromatic nitrogens is 2. The third-order valence-corrected chi connectivity index (χ3v) is 6.73. The topological polar surface area (TPSA) is 118 Å². The highest BCUT2D eigenvalue weighted by Gasteiger charge is 2.18. The number of nitriles is 1. The predicted octanol–water partition coefficient (Wildman–Crippen LogP) is 3.51. The van der Waals surface area contributed by atoms with Crippen LogP contribution in [0.25, 0.3) is 0 Å². The smallest absolute Gasteiger partial charge is 0.229 e. The van der Waals surface area contributed by atoms with Gasteiger partial charge in [0.2, 0.25) is 11.9 Å². The fourth-order valence-corrected chi connectivity index (χ4v) is 4.65. The number of anilines is 4. The Morgan fingerprint density at radius 1 is 1.03 bits per heavy atom. The number of nitrogens with zero attached hydrogens (tertiary/aromatic N) is 5. The third-order valence-electron chi connectivity index (χ3n) is 6.49. The predicted molar refractivity (Wildman–Crippen MR) is 146 cm³/mol. The highest BCUT2D eigenvalue weighted by atomic mass is 35.5. The molecule has 11 heteroatoms. The van der Waals surface area contributed by atoms with Crippen LogP contribution >= 0.6 is 11.6 Å². The van der Waals surface area contributed by atoms with Gasteiger partial charge in [-0.1, -0.05) is 23.7 Å². The molecule has 6 rings (SSSR count). The molecule has 0 saturated carbocycles. The SMILES string of the molecule is N#Cc1cnc2nc1Nc1cccc(c1)CN1CCN(CCC(=O)NCCOc3ccc(Cl)cc3N2)CC1. The quantitative estimate of drug-likeness (QED) is 0.399. The van der Waals surface area contributed by atoms with Crippen LogP contribution in [0.3, 0.4) is 0 Å². The maximum Gasteiger partial charge on any atom is 0.229 e. The van der Waals surface area contributed by atoms with Gasteiger partial charge in [-0.15, -0.1) is 0 Å². The molecule has 0 aliphatic carbocycles. The highest BCUT2D eigenvalue weighted by molar-refractivity contribution is 6.31. The van der Waals surface area contributed by atoms with E-state index in [4.69, 9.17) is 16.3 Å². The Bertz CT molecular complexity index is 1340. The second-order valence-electron chi connectivity index (χ2n) is 9.22. The largest absolute Gasteiger partial charge is 0.490 e.